The summed E-state index contributed by atoms with van der Waals surface area (Å²) >= 11 is 3.38. The first-order valence-electron chi connectivity index (χ1n) is 8.15. The monoisotopic (exact) mass is 385 g/mol. The maximum Gasteiger partial charge on any atom is 0.193 e. The summed E-state index contributed by atoms with van der Waals surface area (Å²) in [6, 6.07) is 5.04. The fraction of sp³-hybridized carbons (Fsp3) is 0.588. The van der Waals surface area contributed by atoms with Crippen LogP contribution in [-0.2, 0) is 11.2 Å². The Morgan fingerprint density at radius 1 is 1.43 bits per heavy atom. The Morgan fingerprint density at radius 2 is 2.17 bits per heavy atom. The van der Waals surface area contributed by atoms with E-state index in [4.69, 9.17) is 4.74 Å². The highest BCUT2D eigenvalue weighted by atomic mass is 79.9. The van der Waals surface area contributed by atoms with Gasteiger partial charge in [0, 0.05) is 37.8 Å². The van der Waals surface area contributed by atoms with Crippen molar-refractivity contribution in [2.24, 2.45) is 4.99 Å². The van der Waals surface area contributed by atoms with E-state index in [0.29, 0.717) is 24.6 Å². The number of hydrogen-bond donors (Lipinski definition) is 1. The number of rotatable bonds is 5. The van der Waals surface area contributed by atoms with Gasteiger partial charge in [-0.15, -0.1) is 0 Å². The molecule has 0 radical (unpaired) electrons. The molecule has 1 aliphatic heterocycles. The Labute approximate surface area is 146 Å². The normalized spacial score (nSPS) is 16.7. The van der Waals surface area contributed by atoms with E-state index in [9.17, 15) is 4.39 Å². The van der Waals surface area contributed by atoms with Gasteiger partial charge in [0.1, 0.15) is 5.82 Å². The first kappa shape index (κ1) is 18.2. The van der Waals surface area contributed by atoms with Crippen LogP contribution in [0.25, 0.3) is 0 Å². The van der Waals surface area contributed by atoms with Gasteiger partial charge in [0.2, 0.25) is 0 Å². The standard InChI is InChI=1S/C17H25BrFN3O/c1-3-23-15-7-10-22(11-8-15)17(20-2)21-9-6-13-12-14(18)4-5-16(13)19/h4-5,12,15H,3,6-11H2,1-2H3,(H,20,21). The van der Waals surface area contributed by atoms with Gasteiger partial charge in [-0.05, 0) is 49.9 Å². The minimum absolute atomic E-state index is 0.164. The lowest BCUT2D eigenvalue weighted by molar-refractivity contribution is 0.0264. The zero-order valence-electron chi connectivity index (χ0n) is 13.8. The van der Waals surface area contributed by atoms with Gasteiger partial charge in [0.25, 0.3) is 0 Å². The molecule has 0 amide bonds. The molecule has 1 aromatic rings. The Morgan fingerprint density at radius 3 is 2.83 bits per heavy atom. The van der Waals surface area contributed by atoms with Gasteiger partial charge in [0.15, 0.2) is 5.96 Å². The van der Waals surface area contributed by atoms with Crippen LogP contribution in [0.2, 0.25) is 0 Å². The highest BCUT2D eigenvalue weighted by Crippen LogP contribution is 2.16. The Hall–Kier alpha value is -1.14. The topological polar surface area (TPSA) is 36.9 Å². The molecule has 1 fully saturated rings. The van der Waals surface area contributed by atoms with E-state index in [1.165, 1.54) is 6.07 Å². The number of nitrogens with zero attached hydrogens (tertiary/aromatic N) is 2. The molecule has 1 N–H and O–H groups in total. The first-order chi connectivity index (χ1) is 11.1. The van der Waals surface area contributed by atoms with Gasteiger partial charge in [-0.3, -0.25) is 4.99 Å². The largest absolute Gasteiger partial charge is 0.378 e. The van der Waals surface area contributed by atoms with Crippen LogP contribution in [-0.4, -0.2) is 50.3 Å². The van der Waals surface area contributed by atoms with Crippen LogP contribution in [0.1, 0.15) is 25.3 Å². The highest BCUT2D eigenvalue weighted by molar-refractivity contribution is 9.10. The van der Waals surface area contributed by atoms with Crippen molar-refractivity contribution in [1.29, 1.82) is 0 Å². The SMILES string of the molecule is CCOC1CCN(C(=NC)NCCc2cc(Br)ccc2F)CC1. The molecule has 0 atom stereocenters. The van der Waals surface area contributed by atoms with Crippen molar-refractivity contribution in [2.75, 3.05) is 33.3 Å². The van der Waals surface area contributed by atoms with Gasteiger partial charge in [-0.1, -0.05) is 15.9 Å². The molecule has 1 aliphatic rings. The third-order valence-corrected chi connectivity index (χ3v) is 4.53. The van der Waals surface area contributed by atoms with Gasteiger partial charge in [-0.25, -0.2) is 4.39 Å². The maximum absolute atomic E-state index is 13.7. The number of likely N-dealkylation sites (tertiary alicyclic amines) is 1. The zero-order valence-corrected chi connectivity index (χ0v) is 15.4. The summed E-state index contributed by atoms with van der Waals surface area (Å²) in [4.78, 5) is 6.58. The number of nitrogens with one attached hydrogen (secondary N) is 1. The van der Waals surface area contributed by atoms with E-state index in [-0.39, 0.29) is 5.82 Å². The minimum Gasteiger partial charge on any atom is -0.378 e. The Bertz CT molecular complexity index is 531. The number of benzene rings is 1. The number of halogens is 2. The van der Waals surface area contributed by atoms with Crippen LogP contribution in [0.15, 0.2) is 27.7 Å². The second-order valence-corrected chi connectivity index (χ2v) is 6.52. The molecule has 1 saturated heterocycles. The fourth-order valence-corrected chi connectivity index (χ4v) is 3.25. The molecule has 0 saturated carbocycles. The lowest BCUT2D eigenvalue weighted by Gasteiger charge is -2.34. The summed E-state index contributed by atoms with van der Waals surface area (Å²) in [5.74, 6) is 0.720. The average Bonchev–Trinajstić information content (AvgIpc) is 2.56. The molecule has 0 aromatic heterocycles. The highest BCUT2D eigenvalue weighted by Gasteiger charge is 2.21. The van der Waals surface area contributed by atoms with E-state index in [0.717, 1.165) is 43.0 Å². The van der Waals surface area contributed by atoms with Crippen LogP contribution in [0.4, 0.5) is 4.39 Å². The van der Waals surface area contributed by atoms with Crippen molar-refractivity contribution in [2.45, 2.75) is 32.3 Å². The molecule has 0 unspecified atom stereocenters. The quantitative estimate of drug-likeness (QED) is 0.624. The van der Waals surface area contributed by atoms with Crippen molar-refractivity contribution in [1.82, 2.24) is 10.2 Å². The summed E-state index contributed by atoms with van der Waals surface area (Å²) in [6.07, 6.45) is 3.04. The second kappa shape index (κ2) is 9.23. The Balaban J connectivity index is 1.81. The van der Waals surface area contributed by atoms with E-state index >= 15 is 0 Å². The summed E-state index contributed by atoms with van der Waals surface area (Å²) < 4.78 is 20.3. The lowest BCUT2D eigenvalue weighted by atomic mass is 10.1. The predicted octanol–water partition coefficient (Wildman–Crippen LogP) is 3.21. The van der Waals surface area contributed by atoms with E-state index in [2.05, 4.69) is 31.1 Å². The molecule has 1 heterocycles. The minimum atomic E-state index is -0.164. The lowest BCUT2D eigenvalue weighted by Crippen LogP contribution is -2.47. The van der Waals surface area contributed by atoms with Gasteiger partial charge < -0.3 is 15.0 Å². The predicted molar refractivity (Wildman–Crippen MR) is 95.4 cm³/mol. The van der Waals surface area contributed by atoms with E-state index < -0.39 is 0 Å². The summed E-state index contributed by atoms with van der Waals surface area (Å²) in [6.45, 7) is 5.35. The number of piperidine rings is 1. The molecule has 128 valence electrons. The maximum atomic E-state index is 13.7. The van der Waals surface area contributed by atoms with Crippen LogP contribution >= 0.6 is 15.9 Å². The van der Waals surface area contributed by atoms with E-state index in [1.54, 1.807) is 13.1 Å². The molecule has 0 bridgehead atoms. The van der Waals surface area contributed by atoms with E-state index in [1.807, 2.05) is 13.0 Å². The summed E-state index contributed by atoms with van der Waals surface area (Å²) in [5, 5.41) is 3.33. The molecular formula is C17H25BrFN3O. The summed E-state index contributed by atoms with van der Waals surface area (Å²) in [7, 11) is 1.79. The first-order valence-corrected chi connectivity index (χ1v) is 8.94. The molecular weight excluding hydrogens is 361 g/mol. The van der Waals surface area contributed by atoms with Gasteiger partial charge >= 0.3 is 0 Å². The fourth-order valence-electron chi connectivity index (χ4n) is 2.85. The van der Waals surface area contributed by atoms with Crippen LogP contribution in [0.3, 0.4) is 0 Å². The third kappa shape index (κ3) is 5.46. The summed E-state index contributed by atoms with van der Waals surface area (Å²) in [5.41, 5.74) is 0.706. The molecule has 23 heavy (non-hydrogen) atoms. The molecule has 0 aliphatic carbocycles. The van der Waals surface area contributed by atoms with Gasteiger partial charge in [-0.2, -0.15) is 0 Å². The van der Waals surface area contributed by atoms with Crippen LogP contribution in [0, 0.1) is 5.82 Å². The Kier molecular flexibility index (Phi) is 7.30. The second-order valence-electron chi connectivity index (χ2n) is 5.60. The van der Waals surface area contributed by atoms with Crippen LogP contribution in [0.5, 0.6) is 0 Å². The molecule has 4 nitrogen and oxygen atoms in total. The van der Waals surface area contributed by atoms with Crippen molar-refractivity contribution in [3.05, 3.63) is 34.1 Å². The molecule has 0 spiro atoms. The third-order valence-electron chi connectivity index (χ3n) is 4.04. The number of hydrogen-bond acceptors (Lipinski definition) is 2. The number of aliphatic imine (C=N–C) groups is 1. The molecule has 6 heteroatoms. The molecule has 2 rings (SSSR count). The molecule has 1 aromatic carbocycles. The zero-order chi connectivity index (χ0) is 16.7. The van der Waals surface area contributed by atoms with Crippen molar-refractivity contribution < 1.29 is 9.13 Å². The smallest absolute Gasteiger partial charge is 0.193 e. The number of guanidine groups is 1. The van der Waals surface area contributed by atoms with Crippen molar-refractivity contribution in [3.63, 3.8) is 0 Å². The van der Waals surface area contributed by atoms with Crippen molar-refractivity contribution >= 4 is 21.9 Å². The number of ether oxygens (including phenoxy) is 1. The average molecular weight is 386 g/mol. The van der Waals surface area contributed by atoms with Crippen molar-refractivity contribution in [3.8, 4) is 0 Å². The van der Waals surface area contributed by atoms with Crippen LogP contribution < -0.4 is 5.32 Å². The van der Waals surface area contributed by atoms with Gasteiger partial charge in [0.05, 0.1) is 6.10 Å².